The number of esters is 1. The zero-order valence-electron chi connectivity index (χ0n) is 12.3. The number of nitrogens with one attached hydrogen (secondary N) is 2. The first-order valence-corrected chi connectivity index (χ1v) is 7.70. The van der Waals surface area contributed by atoms with Gasteiger partial charge in [-0.05, 0) is 13.8 Å². The summed E-state index contributed by atoms with van der Waals surface area (Å²) in [6, 6.07) is 0.0156. The van der Waals surface area contributed by atoms with E-state index in [0.29, 0.717) is 0 Å². The molecule has 0 spiro atoms. The molecule has 0 aliphatic heterocycles. The molecule has 9 heteroatoms. The van der Waals surface area contributed by atoms with Crippen molar-refractivity contribution in [3.05, 3.63) is 0 Å². The summed E-state index contributed by atoms with van der Waals surface area (Å²) in [5, 5.41) is 2.66. The number of amides is 1. The predicted molar refractivity (Wildman–Crippen MR) is 74.1 cm³/mol. The SMILES string of the molecule is COC(=O)CCN(C)S(=O)(=O)NCCC(=O)NC(C)C. The molecule has 0 rings (SSSR count). The number of carbonyl (C=O) groups is 2. The predicted octanol–water partition coefficient (Wildman–Crippen LogP) is -0.770. The quantitative estimate of drug-likeness (QED) is 0.544. The van der Waals surface area contributed by atoms with E-state index >= 15 is 0 Å². The van der Waals surface area contributed by atoms with Gasteiger partial charge in [0.2, 0.25) is 5.91 Å². The second kappa shape index (κ2) is 8.88. The molecule has 0 aromatic rings. The maximum absolute atomic E-state index is 11.8. The molecule has 0 unspecified atom stereocenters. The third kappa shape index (κ3) is 8.08. The Morgan fingerprint density at radius 2 is 1.85 bits per heavy atom. The molecule has 118 valence electrons. The third-order valence-corrected chi connectivity index (χ3v) is 3.93. The highest BCUT2D eigenvalue weighted by molar-refractivity contribution is 7.87. The van der Waals surface area contributed by atoms with E-state index in [1.54, 1.807) is 0 Å². The van der Waals surface area contributed by atoms with Crippen LogP contribution in [-0.4, -0.2) is 57.9 Å². The highest BCUT2D eigenvalue weighted by Gasteiger charge is 2.18. The van der Waals surface area contributed by atoms with Crippen LogP contribution >= 0.6 is 0 Å². The van der Waals surface area contributed by atoms with Crippen LogP contribution in [0.2, 0.25) is 0 Å². The van der Waals surface area contributed by atoms with Gasteiger partial charge in [0.05, 0.1) is 13.5 Å². The molecule has 0 atom stereocenters. The number of hydrogen-bond acceptors (Lipinski definition) is 5. The van der Waals surface area contributed by atoms with Crippen molar-refractivity contribution in [1.82, 2.24) is 14.3 Å². The topological polar surface area (TPSA) is 105 Å². The zero-order chi connectivity index (χ0) is 15.8. The first-order chi connectivity index (χ1) is 9.19. The highest BCUT2D eigenvalue weighted by atomic mass is 32.2. The van der Waals surface area contributed by atoms with Crippen molar-refractivity contribution < 1.29 is 22.7 Å². The van der Waals surface area contributed by atoms with Gasteiger partial charge in [0, 0.05) is 32.6 Å². The van der Waals surface area contributed by atoms with Crippen molar-refractivity contribution in [2.75, 3.05) is 27.2 Å². The second-order valence-corrected chi connectivity index (χ2v) is 6.38. The van der Waals surface area contributed by atoms with Crippen LogP contribution in [0.1, 0.15) is 26.7 Å². The highest BCUT2D eigenvalue weighted by Crippen LogP contribution is 1.97. The van der Waals surface area contributed by atoms with Crippen LogP contribution in [0.15, 0.2) is 0 Å². The Morgan fingerprint density at radius 3 is 2.35 bits per heavy atom. The summed E-state index contributed by atoms with van der Waals surface area (Å²) in [7, 11) is -1.11. The van der Waals surface area contributed by atoms with Gasteiger partial charge in [-0.1, -0.05) is 0 Å². The summed E-state index contributed by atoms with van der Waals surface area (Å²) < 4.78 is 31.3. The first kappa shape index (κ1) is 18.8. The Balaban J connectivity index is 4.12. The Hall–Kier alpha value is -1.19. The van der Waals surface area contributed by atoms with Gasteiger partial charge in [-0.15, -0.1) is 0 Å². The van der Waals surface area contributed by atoms with Gasteiger partial charge in [-0.3, -0.25) is 9.59 Å². The molecular weight excluding hydrogens is 286 g/mol. The molecule has 0 aliphatic rings. The minimum atomic E-state index is -3.69. The van der Waals surface area contributed by atoms with Crippen molar-refractivity contribution in [3.63, 3.8) is 0 Å². The van der Waals surface area contributed by atoms with Crippen LogP contribution in [0.25, 0.3) is 0 Å². The monoisotopic (exact) mass is 309 g/mol. The van der Waals surface area contributed by atoms with E-state index in [4.69, 9.17) is 0 Å². The molecule has 0 aromatic carbocycles. The van der Waals surface area contributed by atoms with Crippen LogP contribution < -0.4 is 10.0 Å². The normalized spacial score (nSPS) is 11.7. The number of nitrogens with zero attached hydrogens (tertiary/aromatic N) is 1. The minimum absolute atomic E-state index is 0.00342. The fourth-order valence-electron chi connectivity index (χ4n) is 1.27. The van der Waals surface area contributed by atoms with Gasteiger partial charge >= 0.3 is 5.97 Å². The Morgan fingerprint density at radius 1 is 1.25 bits per heavy atom. The fraction of sp³-hybridized carbons (Fsp3) is 0.818. The molecule has 0 heterocycles. The smallest absolute Gasteiger partial charge is 0.306 e. The van der Waals surface area contributed by atoms with Crippen molar-refractivity contribution in [1.29, 1.82) is 0 Å². The lowest BCUT2D eigenvalue weighted by atomic mass is 10.3. The molecule has 0 saturated carbocycles. The van der Waals surface area contributed by atoms with Crippen LogP contribution in [-0.2, 0) is 24.5 Å². The molecule has 0 aromatic heterocycles. The van der Waals surface area contributed by atoms with Gasteiger partial charge < -0.3 is 10.1 Å². The molecule has 0 saturated heterocycles. The summed E-state index contributed by atoms with van der Waals surface area (Å²) in [6.07, 6.45) is 0.0317. The van der Waals surface area contributed by atoms with Gasteiger partial charge in [0.25, 0.3) is 10.2 Å². The van der Waals surface area contributed by atoms with Crippen LogP contribution in [0.5, 0.6) is 0 Å². The van der Waals surface area contributed by atoms with Gasteiger partial charge in [0.1, 0.15) is 0 Å². The largest absolute Gasteiger partial charge is 0.469 e. The number of methoxy groups -OCH3 is 1. The number of ether oxygens (including phenoxy) is 1. The summed E-state index contributed by atoms with van der Waals surface area (Å²) in [5.74, 6) is -0.705. The summed E-state index contributed by atoms with van der Waals surface area (Å²) in [6.45, 7) is 3.66. The molecule has 1 amide bonds. The van der Waals surface area contributed by atoms with E-state index < -0.39 is 16.2 Å². The van der Waals surface area contributed by atoms with Crippen molar-refractivity contribution in [2.45, 2.75) is 32.7 Å². The molecule has 0 fully saturated rings. The summed E-state index contributed by atoms with van der Waals surface area (Å²) in [5.41, 5.74) is 0. The van der Waals surface area contributed by atoms with Crippen LogP contribution in [0.4, 0.5) is 0 Å². The molecule has 20 heavy (non-hydrogen) atoms. The van der Waals surface area contributed by atoms with Gasteiger partial charge in [0.15, 0.2) is 0 Å². The third-order valence-electron chi connectivity index (χ3n) is 2.35. The molecule has 0 aliphatic carbocycles. The van der Waals surface area contributed by atoms with E-state index in [-0.39, 0.29) is 37.9 Å². The Labute approximate surface area is 120 Å². The lowest BCUT2D eigenvalue weighted by molar-refractivity contribution is -0.140. The van der Waals surface area contributed by atoms with Gasteiger partial charge in [-0.2, -0.15) is 12.7 Å². The van der Waals surface area contributed by atoms with Crippen molar-refractivity contribution in [2.24, 2.45) is 0 Å². The number of carbonyl (C=O) groups excluding carboxylic acids is 2. The maximum Gasteiger partial charge on any atom is 0.306 e. The van der Waals surface area contributed by atoms with Crippen molar-refractivity contribution >= 4 is 22.1 Å². The zero-order valence-corrected chi connectivity index (χ0v) is 13.1. The number of rotatable bonds is 9. The van der Waals surface area contributed by atoms with E-state index in [1.807, 2.05) is 13.8 Å². The molecular formula is C11H23N3O5S. The average molecular weight is 309 g/mol. The maximum atomic E-state index is 11.8. The van der Waals surface area contributed by atoms with Gasteiger partial charge in [-0.25, -0.2) is 4.72 Å². The first-order valence-electron chi connectivity index (χ1n) is 6.26. The van der Waals surface area contributed by atoms with Crippen LogP contribution in [0.3, 0.4) is 0 Å². The second-order valence-electron chi connectivity index (χ2n) is 4.52. The summed E-state index contributed by atoms with van der Waals surface area (Å²) in [4.78, 5) is 22.3. The minimum Gasteiger partial charge on any atom is -0.469 e. The average Bonchev–Trinajstić information content (AvgIpc) is 2.34. The summed E-state index contributed by atoms with van der Waals surface area (Å²) >= 11 is 0. The molecule has 0 radical (unpaired) electrons. The molecule has 0 bridgehead atoms. The van der Waals surface area contributed by atoms with E-state index in [9.17, 15) is 18.0 Å². The molecule has 2 N–H and O–H groups in total. The molecule has 8 nitrogen and oxygen atoms in total. The van der Waals surface area contributed by atoms with E-state index in [2.05, 4.69) is 14.8 Å². The van der Waals surface area contributed by atoms with Crippen LogP contribution in [0, 0.1) is 0 Å². The fourth-order valence-corrected chi connectivity index (χ4v) is 2.18. The number of hydrogen-bond donors (Lipinski definition) is 2. The lowest BCUT2D eigenvalue weighted by Crippen LogP contribution is -2.41. The standard InChI is InChI=1S/C11H23N3O5S/c1-9(2)13-10(15)5-7-12-20(17,18)14(3)8-6-11(16)19-4/h9,12H,5-8H2,1-4H3,(H,13,15). The Kier molecular flexibility index (Phi) is 8.35. The van der Waals surface area contributed by atoms with E-state index in [1.165, 1.54) is 14.2 Å². The van der Waals surface area contributed by atoms with E-state index in [0.717, 1.165) is 4.31 Å². The van der Waals surface area contributed by atoms with Crippen molar-refractivity contribution in [3.8, 4) is 0 Å². The lowest BCUT2D eigenvalue weighted by Gasteiger charge is -2.17. The Bertz CT molecular complexity index is 422.